The Morgan fingerprint density at radius 2 is 1.70 bits per heavy atom. The molecule has 33 heavy (non-hydrogen) atoms. The molecule has 3 atom stereocenters. The van der Waals surface area contributed by atoms with Gasteiger partial charge in [0.15, 0.2) is 0 Å². The number of nitrogens with zero attached hydrogens (tertiary/aromatic N) is 2. The van der Waals surface area contributed by atoms with Crippen molar-refractivity contribution in [2.45, 2.75) is 30.9 Å². The van der Waals surface area contributed by atoms with E-state index in [-0.39, 0.29) is 36.2 Å². The molecule has 2 aromatic carbocycles. The van der Waals surface area contributed by atoms with Crippen LogP contribution in [-0.2, 0) is 14.8 Å². The molecule has 0 bridgehead atoms. The minimum absolute atomic E-state index is 0.0299. The average molecular weight is 482 g/mol. The number of sulfonamides is 1. The van der Waals surface area contributed by atoms with E-state index in [1.54, 1.807) is 31.2 Å². The smallest absolute Gasteiger partial charge is 0.322 e. The zero-order valence-corrected chi connectivity index (χ0v) is 20.1. The summed E-state index contributed by atoms with van der Waals surface area (Å²) in [6.45, 7) is 3.41. The SMILES string of the molecule is CO[C@@H](CN(C)S(=O)(=O)c1ccccc1)[C@H](C)CN(C(=O)Nc1ccccc1F)[C@H](C)CO. The van der Waals surface area contributed by atoms with Crippen LogP contribution in [0, 0.1) is 11.7 Å². The number of carbonyl (C=O) groups is 1. The van der Waals surface area contributed by atoms with E-state index in [9.17, 15) is 22.7 Å². The maximum atomic E-state index is 14.0. The molecule has 0 aromatic heterocycles. The number of halogens is 1. The number of ether oxygens (including phenoxy) is 1. The van der Waals surface area contributed by atoms with E-state index in [0.717, 1.165) is 0 Å². The molecule has 0 saturated carbocycles. The monoisotopic (exact) mass is 481 g/mol. The summed E-state index contributed by atoms with van der Waals surface area (Å²) in [5.74, 6) is -0.873. The topological polar surface area (TPSA) is 99.2 Å². The summed E-state index contributed by atoms with van der Waals surface area (Å²) >= 11 is 0. The van der Waals surface area contributed by atoms with Crippen molar-refractivity contribution >= 4 is 21.7 Å². The third kappa shape index (κ3) is 6.97. The van der Waals surface area contributed by atoms with E-state index in [1.165, 1.54) is 53.7 Å². The minimum Gasteiger partial charge on any atom is -0.394 e. The number of likely N-dealkylation sites (N-methyl/N-ethyl adjacent to an activating group) is 1. The minimum atomic E-state index is -3.71. The molecule has 2 rings (SSSR count). The van der Waals surface area contributed by atoms with Crippen molar-refractivity contribution in [2.75, 3.05) is 39.2 Å². The number of carbonyl (C=O) groups excluding carboxylic acids is 1. The Balaban J connectivity index is 2.13. The van der Waals surface area contributed by atoms with Crippen LogP contribution in [0.15, 0.2) is 59.5 Å². The fourth-order valence-corrected chi connectivity index (χ4v) is 4.55. The number of aliphatic hydroxyl groups excluding tert-OH is 1. The summed E-state index contributed by atoms with van der Waals surface area (Å²) in [5, 5.41) is 12.2. The average Bonchev–Trinajstić information content (AvgIpc) is 2.81. The Labute approximate surface area is 195 Å². The van der Waals surface area contributed by atoms with E-state index in [2.05, 4.69) is 5.32 Å². The van der Waals surface area contributed by atoms with Crippen molar-refractivity contribution in [2.24, 2.45) is 5.92 Å². The van der Waals surface area contributed by atoms with Crippen LogP contribution in [-0.4, -0.2) is 74.8 Å². The number of hydrogen-bond acceptors (Lipinski definition) is 5. The van der Waals surface area contributed by atoms with Gasteiger partial charge in [0.05, 0.1) is 29.3 Å². The van der Waals surface area contributed by atoms with Gasteiger partial charge >= 0.3 is 6.03 Å². The predicted molar refractivity (Wildman–Crippen MR) is 125 cm³/mol. The number of aliphatic hydroxyl groups is 1. The van der Waals surface area contributed by atoms with Crippen LogP contribution >= 0.6 is 0 Å². The maximum Gasteiger partial charge on any atom is 0.322 e. The summed E-state index contributed by atoms with van der Waals surface area (Å²) in [5.41, 5.74) is 0.0299. The van der Waals surface area contributed by atoms with Crippen LogP contribution in [0.1, 0.15) is 13.8 Å². The van der Waals surface area contributed by atoms with Crippen LogP contribution < -0.4 is 5.32 Å². The number of hydrogen-bond donors (Lipinski definition) is 2. The van der Waals surface area contributed by atoms with Gasteiger partial charge in [-0.25, -0.2) is 17.6 Å². The van der Waals surface area contributed by atoms with Gasteiger partial charge in [-0.1, -0.05) is 37.3 Å². The zero-order chi connectivity index (χ0) is 24.6. The van der Waals surface area contributed by atoms with Crippen molar-refractivity contribution in [3.8, 4) is 0 Å². The molecule has 0 aliphatic carbocycles. The molecule has 2 amide bonds. The third-order valence-electron chi connectivity index (χ3n) is 5.48. The Morgan fingerprint density at radius 1 is 1.09 bits per heavy atom. The van der Waals surface area contributed by atoms with E-state index >= 15 is 0 Å². The molecule has 182 valence electrons. The van der Waals surface area contributed by atoms with Crippen LogP contribution in [0.5, 0.6) is 0 Å². The summed E-state index contributed by atoms with van der Waals surface area (Å²) in [6.07, 6.45) is -0.539. The molecular formula is C23H32FN3O5S. The van der Waals surface area contributed by atoms with Gasteiger partial charge in [0, 0.05) is 33.2 Å². The molecule has 10 heteroatoms. The highest BCUT2D eigenvalue weighted by Gasteiger charge is 2.30. The first kappa shape index (κ1) is 26.7. The number of benzene rings is 2. The quantitative estimate of drug-likeness (QED) is 0.514. The van der Waals surface area contributed by atoms with Gasteiger partial charge in [-0.05, 0) is 31.2 Å². The number of para-hydroxylation sites is 1. The fraction of sp³-hybridized carbons (Fsp3) is 0.435. The van der Waals surface area contributed by atoms with Crippen molar-refractivity contribution in [3.05, 3.63) is 60.4 Å². The standard InChI is InChI=1S/C23H32FN3O5S/c1-17(22(32-4)15-26(3)33(30,31)19-10-6-5-7-11-19)14-27(18(2)16-28)23(29)25-21-13-9-8-12-20(21)24/h5-13,17-18,22,28H,14-16H2,1-4H3,(H,25,29)/t17-,18-,22+/m1/s1. The molecule has 0 heterocycles. The normalized spacial score (nSPS) is 14.5. The maximum absolute atomic E-state index is 14.0. The lowest BCUT2D eigenvalue weighted by atomic mass is 10.0. The van der Waals surface area contributed by atoms with Crippen LogP contribution in [0.2, 0.25) is 0 Å². The zero-order valence-electron chi connectivity index (χ0n) is 19.3. The molecule has 0 aliphatic heterocycles. The van der Waals surface area contributed by atoms with Crippen LogP contribution in [0.25, 0.3) is 0 Å². The molecule has 0 spiro atoms. The van der Waals surface area contributed by atoms with Gasteiger partial charge in [-0.2, -0.15) is 4.31 Å². The molecule has 0 fully saturated rings. The van der Waals surface area contributed by atoms with Gasteiger partial charge in [0.1, 0.15) is 5.82 Å². The molecule has 0 saturated heterocycles. The van der Waals surface area contributed by atoms with Crippen molar-refractivity contribution in [3.63, 3.8) is 0 Å². The van der Waals surface area contributed by atoms with Crippen LogP contribution in [0.3, 0.4) is 0 Å². The first-order valence-corrected chi connectivity index (χ1v) is 12.0. The third-order valence-corrected chi connectivity index (χ3v) is 7.32. The van der Waals surface area contributed by atoms with E-state index < -0.39 is 34.0 Å². The summed E-state index contributed by atoms with van der Waals surface area (Å²) in [4.78, 5) is 14.4. The van der Waals surface area contributed by atoms with E-state index in [1.807, 2.05) is 6.92 Å². The second kappa shape index (κ2) is 12.1. The van der Waals surface area contributed by atoms with E-state index in [4.69, 9.17) is 4.74 Å². The van der Waals surface area contributed by atoms with Crippen molar-refractivity contribution in [1.82, 2.24) is 9.21 Å². The van der Waals surface area contributed by atoms with Gasteiger partial charge in [0.2, 0.25) is 10.0 Å². The molecule has 2 N–H and O–H groups in total. The molecule has 8 nitrogen and oxygen atoms in total. The number of urea groups is 1. The Bertz CT molecular complexity index is 1010. The molecule has 2 aromatic rings. The second-order valence-corrected chi connectivity index (χ2v) is 9.99. The van der Waals surface area contributed by atoms with Crippen molar-refractivity contribution < 1.29 is 27.4 Å². The highest BCUT2D eigenvalue weighted by atomic mass is 32.2. The lowest BCUT2D eigenvalue weighted by Crippen LogP contribution is -2.49. The lowest BCUT2D eigenvalue weighted by molar-refractivity contribution is 0.0305. The summed E-state index contributed by atoms with van der Waals surface area (Å²) in [7, 11) is -0.762. The van der Waals surface area contributed by atoms with Crippen molar-refractivity contribution in [1.29, 1.82) is 0 Å². The summed E-state index contributed by atoms with van der Waals surface area (Å²) < 4.78 is 46.5. The number of amides is 2. The Hall–Kier alpha value is -2.53. The lowest BCUT2D eigenvalue weighted by Gasteiger charge is -2.34. The molecular weight excluding hydrogens is 449 g/mol. The summed E-state index contributed by atoms with van der Waals surface area (Å²) in [6, 6.07) is 12.8. The van der Waals surface area contributed by atoms with Gasteiger partial charge in [-0.15, -0.1) is 0 Å². The largest absolute Gasteiger partial charge is 0.394 e. The predicted octanol–water partition coefficient (Wildman–Crippen LogP) is 3.01. The van der Waals surface area contributed by atoms with Gasteiger partial charge < -0.3 is 20.1 Å². The Morgan fingerprint density at radius 3 is 2.27 bits per heavy atom. The molecule has 0 radical (unpaired) electrons. The molecule has 0 unspecified atom stereocenters. The van der Waals surface area contributed by atoms with Crippen LogP contribution in [0.4, 0.5) is 14.9 Å². The fourth-order valence-electron chi connectivity index (χ4n) is 3.35. The number of rotatable bonds is 11. The highest BCUT2D eigenvalue weighted by Crippen LogP contribution is 2.19. The highest BCUT2D eigenvalue weighted by molar-refractivity contribution is 7.89. The Kier molecular flexibility index (Phi) is 9.78. The first-order chi connectivity index (χ1) is 15.6. The van der Waals surface area contributed by atoms with Gasteiger partial charge in [-0.3, -0.25) is 0 Å². The molecule has 0 aliphatic rings. The van der Waals surface area contributed by atoms with E-state index in [0.29, 0.717) is 0 Å². The number of nitrogens with one attached hydrogen (secondary N) is 1. The first-order valence-electron chi connectivity index (χ1n) is 10.6. The number of methoxy groups -OCH3 is 1. The second-order valence-electron chi connectivity index (χ2n) is 7.94. The van der Waals surface area contributed by atoms with Gasteiger partial charge in [0.25, 0.3) is 0 Å². The number of anilines is 1.